The molecule has 3 heterocycles. The van der Waals surface area contributed by atoms with E-state index in [-0.39, 0.29) is 5.97 Å². The monoisotopic (exact) mass is 280 g/mol. The van der Waals surface area contributed by atoms with Crippen LogP contribution in [0.4, 0.5) is 0 Å². The Hall–Kier alpha value is -2.62. The van der Waals surface area contributed by atoms with Crippen LogP contribution >= 0.6 is 0 Å². The maximum atomic E-state index is 12.2. The summed E-state index contributed by atoms with van der Waals surface area (Å²) in [6.45, 7) is 3.97. The first-order chi connectivity index (χ1) is 10.1. The number of ether oxygens (including phenoxy) is 1. The number of aryl methyl sites for hydroxylation is 1. The molecule has 21 heavy (non-hydrogen) atoms. The third-order valence-corrected chi connectivity index (χ3v) is 3.72. The van der Waals surface area contributed by atoms with Gasteiger partial charge in [-0.2, -0.15) is 0 Å². The van der Waals surface area contributed by atoms with Crippen molar-refractivity contribution in [2.75, 3.05) is 7.11 Å². The van der Waals surface area contributed by atoms with Crippen molar-refractivity contribution in [2.45, 2.75) is 13.8 Å². The van der Waals surface area contributed by atoms with Crippen LogP contribution in [-0.4, -0.2) is 22.5 Å². The lowest BCUT2D eigenvalue weighted by Crippen LogP contribution is -2.02. The van der Waals surface area contributed by atoms with Gasteiger partial charge in [-0.1, -0.05) is 6.07 Å². The van der Waals surface area contributed by atoms with Gasteiger partial charge in [0.2, 0.25) is 0 Å². The average molecular weight is 280 g/mol. The Morgan fingerprint density at radius 3 is 2.67 bits per heavy atom. The van der Waals surface area contributed by atoms with Crippen molar-refractivity contribution in [1.82, 2.24) is 9.38 Å². The van der Waals surface area contributed by atoms with Gasteiger partial charge in [-0.05, 0) is 43.7 Å². The summed E-state index contributed by atoms with van der Waals surface area (Å²) in [4.78, 5) is 16.3. The highest BCUT2D eigenvalue weighted by Gasteiger charge is 2.22. The minimum Gasteiger partial charge on any atom is -0.465 e. The maximum Gasteiger partial charge on any atom is 0.340 e. The number of methoxy groups -OCH3 is 1. The molecule has 0 aliphatic rings. The molecule has 0 bridgehead atoms. The predicted molar refractivity (Wildman–Crippen MR) is 81.4 cm³/mol. The summed E-state index contributed by atoms with van der Waals surface area (Å²) < 4.78 is 7.03. The van der Waals surface area contributed by atoms with Crippen LogP contribution in [0, 0.1) is 13.8 Å². The maximum absolute atomic E-state index is 12.2. The molecule has 0 N–H and O–H groups in total. The molecule has 106 valence electrons. The molecule has 0 aromatic carbocycles. The van der Waals surface area contributed by atoms with Gasteiger partial charge in [-0.25, -0.2) is 4.79 Å². The summed E-state index contributed by atoms with van der Waals surface area (Å²) in [5, 5.41) is 0. The lowest BCUT2D eigenvalue weighted by Gasteiger charge is -2.07. The van der Waals surface area contributed by atoms with Crippen LogP contribution in [0.5, 0.6) is 0 Å². The Bertz CT molecular complexity index is 820. The van der Waals surface area contributed by atoms with Crippen LogP contribution in [0.3, 0.4) is 0 Å². The Labute approximate surface area is 123 Å². The zero-order valence-electron chi connectivity index (χ0n) is 12.3. The number of nitrogens with zero attached hydrogens (tertiary/aromatic N) is 2. The molecule has 4 nitrogen and oxygen atoms in total. The number of fused-ring (bicyclic) bond motifs is 1. The van der Waals surface area contributed by atoms with Gasteiger partial charge < -0.3 is 9.14 Å². The first-order valence-corrected chi connectivity index (χ1v) is 6.74. The molecular formula is C17H16N2O2. The standard InChI is InChI=1S/C17H16N2O2/c1-11-6-4-8-14-15(17(20)21-3)12(2)16(19(11)14)13-7-5-9-18-10-13/h4-10H,1-3H3. The Kier molecular flexibility index (Phi) is 3.22. The Morgan fingerprint density at radius 2 is 2.00 bits per heavy atom. The summed E-state index contributed by atoms with van der Waals surface area (Å²) in [5.74, 6) is -0.314. The van der Waals surface area contributed by atoms with E-state index < -0.39 is 0 Å². The van der Waals surface area contributed by atoms with E-state index in [1.807, 2.05) is 50.4 Å². The smallest absolute Gasteiger partial charge is 0.340 e. The molecule has 0 radical (unpaired) electrons. The number of aromatic nitrogens is 2. The highest BCUT2D eigenvalue weighted by atomic mass is 16.5. The van der Waals surface area contributed by atoms with E-state index in [0.717, 1.165) is 28.0 Å². The molecule has 0 unspecified atom stereocenters. The fourth-order valence-corrected chi connectivity index (χ4v) is 2.80. The van der Waals surface area contributed by atoms with E-state index in [1.54, 1.807) is 6.20 Å². The van der Waals surface area contributed by atoms with Gasteiger partial charge in [-0.15, -0.1) is 0 Å². The molecule has 3 aromatic rings. The zero-order valence-corrected chi connectivity index (χ0v) is 12.3. The van der Waals surface area contributed by atoms with Gasteiger partial charge in [0.15, 0.2) is 0 Å². The molecular weight excluding hydrogens is 264 g/mol. The van der Waals surface area contributed by atoms with E-state index in [9.17, 15) is 4.79 Å². The van der Waals surface area contributed by atoms with Crippen LogP contribution in [-0.2, 0) is 4.74 Å². The third kappa shape index (κ3) is 2.00. The summed E-state index contributed by atoms with van der Waals surface area (Å²) >= 11 is 0. The van der Waals surface area contributed by atoms with Crippen molar-refractivity contribution in [2.24, 2.45) is 0 Å². The molecule has 0 amide bonds. The zero-order chi connectivity index (χ0) is 15.0. The lowest BCUT2D eigenvalue weighted by atomic mass is 10.1. The minimum atomic E-state index is -0.314. The molecule has 0 saturated heterocycles. The highest BCUT2D eigenvalue weighted by molar-refractivity contribution is 6.01. The topological polar surface area (TPSA) is 43.6 Å². The highest BCUT2D eigenvalue weighted by Crippen LogP contribution is 2.32. The number of hydrogen-bond acceptors (Lipinski definition) is 3. The molecule has 4 heteroatoms. The third-order valence-electron chi connectivity index (χ3n) is 3.72. The van der Waals surface area contributed by atoms with Gasteiger partial charge in [0.25, 0.3) is 0 Å². The first-order valence-electron chi connectivity index (χ1n) is 6.74. The van der Waals surface area contributed by atoms with Crippen molar-refractivity contribution in [1.29, 1.82) is 0 Å². The minimum absolute atomic E-state index is 0.314. The molecule has 0 aliphatic heterocycles. The molecule has 3 rings (SSSR count). The molecule has 0 fully saturated rings. The number of esters is 1. The van der Waals surface area contributed by atoms with E-state index in [2.05, 4.69) is 9.38 Å². The fraction of sp³-hybridized carbons (Fsp3) is 0.176. The van der Waals surface area contributed by atoms with Crippen molar-refractivity contribution in [3.05, 3.63) is 59.5 Å². The number of pyridine rings is 2. The van der Waals surface area contributed by atoms with Crippen LogP contribution in [0.2, 0.25) is 0 Å². The number of hydrogen-bond donors (Lipinski definition) is 0. The number of carbonyl (C=O) groups excluding carboxylic acids is 1. The summed E-state index contributed by atoms with van der Waals surface area (Å²) in [6, 6.07) is 9.79. The van der Waals surface area contributed by atoms with E-state index in [1.165, 1.54) is 7.11 Å². The van der Waals surface area contributed by atoms with Crippen molar-refractivity contribution >= 4 is 11.5 Å². The van der Waals surface area contributed by atoms with Crippen LogP contribution < -0.4 is 0 Å². The fourth-order valence-electron chi connectivity index (χ4n) is 2.80. The second kappa shape index (κ2) is 5.05. The quantitative estimate of drug-likeness (QED) is 0.676. The van der Waals surface area contributed by atoms with Crippen LogP contribution in [0.25, 0.3) is 16.8 Å². The van der Waals surface area contributed by atoms with Crippen molar-refractivity contribution < 1.29 is 9.53 Å². The van der Waals surface area contributed by atoms with Crippen molar-refractivity contribution in [3.8, 4) is 11.3 Å². The van der Waals surface area contributed by atoms with Crippen LogP contribution in [0.15, 0.2) is 42.7 Å². The van der Waals surface area contributed by atoms with Crippen molar-refractivity contribution in [3.63, 3.8) is 0 Å². The van der Waals surface area contributed by atoms with Crippen LogP contribution in [0.1, 0.15) is 21.6 Å². The summed E-state index contributed by atoms with van der Waals surface area (Å²) in [5.41, 5.74) is 5.40. The Morgan fingerprint density at radius 1 is 1.19 bits per heavy atom. The van der Waals surface area contributed by atoms with E-state index in [4.69, 9.17) is 4.74 Å². The number of rotatable bonds is 2. The molecule has 0 aliphatic carbocycles. The van der Waals surface area contributed by atoms with Gasteiger partial charge >= 0.3 is 5.97 Å². The average Bonchev–Trinajstić information content (AvgIpc) is 2.81. The predicted octanol–water partition coefficient (Wildman–Crippen LogP) is 3.40. The van der Waals surface area contributed by atoms with E-state index >= 15 is 0 Å². The summed E-state index contributed by atoms with van der Waals surface area (Å²) in [7, 11) is 1.41. The van der Waals surface area contributed by atoms with Gasteiger partial charge in [0, 0.05) is 23.7 Å². The molecule has 0 spiro atoms. The van der Waals surface area contributed by atoms with E-state index in [0.29, 0.717) is 5.56 Å². The first kappa shape index (κ1) is 13.4. The normalized spacial score (nSPS) is 10.8. The second-order valence-corrected chi connectivity index (χ2v) is 4.97. The Balaban J connectivity index is 2.45. The number of carbonyl (C=O) groups is 1. The lowest BCUT2D eigenvalue weighted by molar-refractivity contribution is 0.0602. The molecule has 3 aromatic heterocycles. The largest absolute Gasteiger partial charge is 0.465 e. The second-order valence-electron chi connectivity index (χ2n) is 4.97. The molecule has 0 atom stereocenters. The van der Waals surface area contributed by atoms with Gasteiger partial charge in [-0.3, -0.25) is 4.98 Å². The SMILES string of the molecule is COC(=O)c1c(C)c(-c2cccnc2)n2c(C)cccc12. The summed E-state index contributed by atoms with van der Waals surface area (Å²) in [6.07, 6.45) is 3.55. The molecule has 0 saturated carbocycles. The van der Waals surface area contributed by atoms with Gasteiger partial charge in [0.1, 0.15) is 0 Å². The van der Waals surface area contributed by atoms with Gasteiger partial charge in [0.05, 0.1) is 23.9 Å².